The first-order chi connectivity index (χ1) is 20.7. The zero-order valence-corrected chi connectivity index (χ0v) is 28.2. The smallest absolute Gasteiger partial charge is 0.339 e. The average molecular weight is 649 g/mol. The standard InChI is InChI=1S/C34H48O6S3/c1-3-5-7-9-10-11-12-13-14-16-18-30-21-25-32(26-22-30)43(37,38)40-34-28-41-27-33(34)39-42(35,36)31-23-19-29(20-24-31)17-15-8-6-4-2/h19-28H,3-18H2,1-2H3. The molecule has 1 aromatic heterocycles. The van der Waals surface area contributed by atoms with Crippen molar-refractivity contribution in [1.29, 1.82) is 0 Å². The monoisotopic (exact) mass is 648 g/mol. The van der Waals surface area contributed by atoms with Gasteiger partial charge in [0.1, 0.15) is 9.79 Å². The second-order valence-corrected chi connectivity index (χ2v) is 15.0. The number of benzene rings is 2. The van der Waals surface area contributed by atoms with Crippen LogP contribution in [0.4, 0.5) is 0 Å². The van der Waals surface area contributed by atoms with Crippen molar-refractivity contribution in [2.24, 2.45) is 0 Å². The Balaban J connectivity index is 1.49. The second-order valence-electron chi connectivity index (χ2n) is 11.2. The molecule has 0 aliphatic rings. The van der Waals surface area contributed by atoms with Crippen molar-refractivity contribution >= 4 is 31.6 Å². The SMILES string of the molecule is CCCCCCCCCCCCc1ccc(S(=O)(=O)Oc2cscc2OS(=O)(=O)c2ccc(CCCCCC)cc2)cc1. The van der Waals surface area contributed by atoms with E-state index >= 15 is 0 Å². The Morgan fingerprint density at radius 1 is 0.488 bits per heavy atom. The molecule has 238 valence electrons. The van der Waals surface area contributed by atoms with E-state index in [9.17, 15) is 16.8 Å². The lowest BCUT2D eigenvalue weighted by molar-refractivity contribution is 0.451. The number of thiophene rings is 1. The molecule has 2 aromatic carbocycles. The molecule has 0 unspecified atom stereocenters. The Kier molecular flexibility index (Phi) is 15.1. The molecule has 0 saturated heterocycles. The quantitative estimate of drug-likeness (QED) is 0.0796. The van der Waals surface area contributed by atoms with Gasteiger partial charge in [0.05, 0.1) is 0 Å². The predicted octanol–water partition coefficient (Wildman–Crippen LogP) is 9.87. The molecule has 0 fully saturated rings. The molecule has 9 heteroatoms. The number of hydrogen-bond donors (Lipinski definition) is 0. The lowest BCUT2D eigenvalue weighted by atomic mass is 10.0. The summed E-state index contributed by atoms with van der Waals surface area (Å²) in [7, 11) is -8.34. The number of hydrogen-bond acceptors (Lipinski definition) is 7. The highest BCUT2D eigenvalue weighted by Gasteiger charge is 2.24. The summed E-state index contributed by atoms with van der Waals surface area (Å²) in [5, 5.41) is 2.83. The van der Waals surface area contributed by atoms with E-state index < -0.39 is 20.2 Å². The lowest BCUT2D eigenvalue weighted by Gasteiger charge is -2.10. The molecule has 1 heterocycles. The zero-order valence-electron chi connectivity index (χ0n) is 25.8. The molecule has 3 aromatic rings. The van der Waals surface area contributed by atoms with Crippen LogP contribution in [-0.2, 0) is 33.1 Å². The molecule has 0 atom stereocenters. The van der Waals surface area contributed by atoms with Gasteiger partial charge in [-0.05, 0) is 61.1 Å². The van der Waals surface area contributed by atoms with E-state index in [4.69, 9.17) is 8.37 Å². The molecule has 0 N–H and O–H groups in total. The van der Waals surface area contributed by atoms with Crippen LogP contribution < -0.4 is 8.37 Å². The van der Waals surface area contributed by atoms with Crippen LogP contribution in [0.5, 0.6) is 11.5 Å². The minimum absolute atomic E-state index is 0.00260. The first-order valence-electron chi connectivity index (χ1n) is 15.9. The van der Waals surface area contributed by atoms with Crippen LogP contribution in [0.1, 0.15) is 115 Å². The van der Waals surface area contributed by atoms with E-state index in [1.807, 2.05) is 12.1 Å². The number of aryl methyl sites for hydroxylation is 2. The molecule has 0 saturated carbocycles. The highest BCUT2D eigenvalue weighted by Crippen LogP contribution is 2.36. The van der Waals surface area contributed by atoms with Gasteiger partial charge >= 0.3 is 20.2 Å². The molecule has 3 rings (SSSR count). The van der Waals surface area contributed by atoms with Gasteiger partial charge in [-0.2, -0.15) is 16.8 Å². The number of rotatable bonds is 22. The van der Waals surface area contributed by atoms with Crippen LogP contribution in [0, 0.1) is 0 Å². The average Bonchev–Trinajstić information content (AvgIpc) is 3.41. The van der Waals surface area contributed by atoms with Gasteiger partial charge in [-0.3, -0.25) is 0 Å². The van der Waals surface area contributed by atoms with Gasteiger partial charge in [-0.15, -0.1) is 11.3 Å². The van der Waals surface area contributed by atoms with E-state index in [0.717, 1.165) is 61.0 Å². The maximum atomic E-state index is 13.0. The summed E-state index contributed by atoms with van der Waals surface area (Å²) in [6.07, 6.45) is 19.1. The third kappa shape index (κ3) is 12.3. The molecule has 0 bridgehead atoms. The van der Waals surface area contributed by atoms with Gasteiger partial charge in [-0.1, -0.05) is 115 Å². The third-order valence-electron chi connectivity index (χ3n) is 7.55. The van der Waals surface area contributed by atoms with Crippen LogP contribution in [0.25, 0.3) is 0 Å². The fourth-order valence-electron chi connectivity index (χ4n) is 4.95. The van der Waals surface area contributed by atoms with E-state index in [1.54, 1.807) is 12.1 Å². The highest BCUT2D eigenvalue weighted by molar-refractivity contribution is 7.87. The second kappa shape index (κ2) is 18.4. The highest BCUT2D eigenvalue weighted by atomic mass is 32.2. The molecule has 0 radical (unpaired) electrons. The maximum absolute atomic E-state index is 13.0. The Morgan fingerprint density at radius 2 is 0.814 bits per heavy atom. The molecule has 0 amide bonds. The summed E-state index contributed by atoms with van der Waals surface area (Å²) in [6.45, 7) is 4.40. The van der Waals surface area contributed by atoms with Crippen molar-refractivity contribution in [2.75, 3.05) is 0 Å². The van der Waals surface area contributed by atoms with Crippen LogP contribution in [0.3, 0.4) is 0 Å². The Bertz CT molecular complexity index is 1410. The van der Waals surface area contributed by atoms with Crippen LogP contribution in [0.15, 0.2) is 69.1 Å². The molecular formula is C34H48O6S3. The Hall–Kier alpha value is -2.36. The van der Waals surface area contributed by atoms with E-state index in [1.165, 1.54) is 99.2 Å². The molecular weight excluding hydrogens is 601 g/mol. The Morgan fingerprint density at radius 3 is 1.19 bits per heavy atom. The van der Waals surface area contributed by atoms with Gasteiger partial charge in [0.25, 0.3) is 0 Å². The summed E-state index contributed by atoms with van der Waals surface area (Å²) >= 11 is 1.10. The van der Waals surface area contributed by atoms with Gasteiger partial charge in [0.15, 0.2) is 11.5 Å². The van der Waals surface area contributed by atoms with Crippen molar-refractivity contribution in [2.45, 2.75) is 126 Å². The minimum atomic E-state index is -4.17. The van der Waals surface area contributed by atoms with E-state index in [2.05, 4.69) is 13.8 Å². The topological polar surface area (TPSA) is 86.7 Å². The summed E-state index contributed by atoms with van der Waals surface area (Å²) < 4.78 is 62.4. The van der Waals surface area contributed by atoms with E-state index in [-0.39, 0.29) is 21.3 Å². The predicted molar refractivity (Wildman–Crippen MR) is 176 cm³/mol. The molecule has 43 heavy (non-hydrogen) atoms. The molecule has 0 aliphatic heterocycles. The van der Waals surface area contributed by atoms with Crippen molar-refractivity contribution in [3.63, 3.8) is 0 Å². The van der Waals surface area contributed by atoms with E-state index in [0.29, 0.717) is 0 Å². The summed E-state index contributed by atoms with van der Waals surface area (Å²) in [5.74, 6) is -0.314. The van der Waals surface area contributed by atoms with Crippen molar-refractivity contribution < 1.29 is 25.2 Å². The molecule has 0 aliphatic carbocycles. The number of unbranched alkanes of at least 4 members (excludes halogenated alkanes) is 12. The molecule has 0 spiro atoms. The van der Waals surface area contributed by atoms with Crippen molar-refractivity contribution in [3.8, 4) is 11.5 Å². The molecule has 6 nitrogen and oxygen atoms in total. The fourth-order valence-corrected chi connectivity index (χ4v) is 7.58. The summed E-state index contributed by atoms with van der Waals surface area (Å²) in [5.41, 5.74) is 2.14. The normalized spacial score (nSPS) is 12.0. The Labute approximate surface area is 264 Å². The maximum Gasteiger partial charge on any atom is 0.339 e. The van der Waals surface area contributed by atoms with Crippen LogP contribution >= 0.6 is 11.3 Å². The largest absolute Gasteiger partial charge is 0.374 e. The van der Waals surface area contributed by atoms with Crippen LogP contribution in [-0.4, -0.2) is 16.8 Å². The summed E-state index contributed by atoms with van der Waals surface area (Å²) in [6, 6.07) is 13.3. The van der Waals surface area contributed by atoms with Gasteiger partial charge in [-0.25, -0.2) is 0 Å². The van der Waals surface area contributed by atoms with Gasteiger partial charge < -0.3 is 8.37 Å². The van der Waals surface area contributed by atoms with Crippen LogP contribution in [0.2, 0.25) is 0 Å². The summed E-state index contributed by atoms with van der Waals surface area (Å²) in [4.78, 5) is 0.0108. The fraction of sp³-hybridized carbons (Fsp3) is 0.529. The van der Waals surface area contributed by atoms with Gasteiger partial charge in [0, 0.05) is 10.8 Å². The minimum Gasteiger partial charge on any atom is -0.374 e. The first kappa shape index (κ1) is 35.1. The van der Waals surface area contributed by atoms with Crippen molar-refractivity contribution in [3.05, 3.63) is 70.4 Å². The third-order valence-corrected chi connectivity index (χ3v) is 10.8. The van der Waals surface area contributed by atoms with Gasteiger partial charge in [0.2, 0.25) is 0 Å². The first-order valence-corrected chi connectivity index (χ1v) is 19.6. The lowest BCUT2D eigenvalue weighted by Crippen LogP contribution is -2.13. The van der Waals surface area contributed by atoms with Crippen molar-refractivity contribution in [1.82, 2.24) is 0 Å². The zero-order chi connectivity index (χ0) is 31.0.